The van der Waals surface area contributed by atoms with Gasteiger partial charge >= 0.3 is 0 Å². The maximum atomic E-state index is 3.76. The first-order valence-electron chi connectivity index (χ1n) is 7.63. The van der Waals surface area contributed by atoms with E-state index < -0.39 is 0 Å². The summed E-state index contributed by atoms with van der Waals surface area (Å²) in [4.78, 5) is 0. The van der Waals surface area contributed by atoms with Crippen molar-refractivity contribution in [1.29, 1.82) is 0 Å². The third-order valence-corrected chi connectivity index (χ3v) is 5.02. The molecule has 0 aliphatic heterocycles. The third kappa shape index (κ3) is 7.35. The first-order valence-corrected chi connectivity index (χ1v) is 8.91. The summed E-state index contributed by atoms with van der Waals surface area (Å²) < 4.78 is 0. The number of hydrogen-bond donors (Lipinski definition) is 1. The molecule has 1 N–H and O–H groups in total. The Labute approximate surface area is 113 Å². The Kier molecular flexibility index (Phi) is 9.27. The van der Waals surface area contributed by atoms with Gasteiger partial charge in [0.1, 0.15) is 0 Å². The van der Waals surface area contributed by atoms with Gasteiger partial charge in [0, 0.05) is 11.3 Å². The minimum atomic E-state index is 0.817. The molecule has 1 aliphatic rings. The molecule has 0 bridgehead atoms. The van der Waals surface area contributed by atoms with Crippen LogP contribution in [0.15, 0.2) is 0 Å². The summed E-state index contributed by atoms with van der Waals surface area (Å²) in [6, 6.07) is 0.817. The van der Waals surface area contributed by atoms with Crippen LogP contribution in [0.1, 0.15) is 71.1 Å². The molecule has 1 aliphatic carbocycles. The zero-order chi connectivity index (χ0) is 12.3. The number of rotatable bonds is 9. The number of unbranched alkanes of at least 4 members (excludes halogenated alkanes) is 5. The minimum absolute atomic E-state index is 0.817. The molecule has 1 nitrogen and oxygen atoms in total. The summed E-state index contributed by atoms with van der Waals surface area (Å²) in [6.45, 7) is 3.53. The van der Waals surface area contributed by atoms with E-state index in [-0.39, 0.29) is 0 Å². The zero-order valence-electron chi connectivity index (χ0n) is 11.8. The fourth-order valence-electron chi connectivity index (χ4n) is 2.76. The van der Waals surface area contributed by atoms with E-state index in [4.69, 9.17) is 0 Å². The summed E-state index contributed by atoms with van der Waals surface area (Å²) >= 11 is 2.06. The topological polar surface area (TPSA) is 12.0 Å². The first-order chi connectivity index (χ1) is 8.36. The van der Waals surface area contributed by atoms with Crippen molar-refractivity contribution in [1.82, 2.24) is 5.32 Å². The van der Waals surface area contributed by atoms with E-state index >= 15 is 0 Å². The highest BCUT2D eigenvalue weighted by atomic mass is 32.2. The lowest BCUT2D eigenvalue weighted by Crippen LogP contribution is -2.35. The van der Waals surface area contributed by atoms with Gasteiger partial charge in [-0.1, -0.05) is 45.4 Å². The number of thioether (sulfide) groups is 1. The molecule has 2 unspecified atom stereocenters. The van der Waals surface area contributed by atoms with E-state index in [2.05, 4.69) is 30.3 Å². The molecule has 17 heavy (non-hydrogen) atoms. The van der Waals surface area contributed by atoms with Gasteiger partial charge in [-0.05, 0) is 38.5 Å². The van der Waals surface area contributed by atoms with Crippen molar-refractivity contribution in [3.63, 3.8) is 0 Å². The van der Waals surface area contributed by atoms with Crippen molar-refractivity contribution in [2.75, 3.05) is 12.8 Å². The molecule has 0 radical (unpaired) electrons. The van der Waals surface area contributed by atoms with Crippen LogP contribution in [-0.4, -0.2) is 24.1 Å². The van der Waals surface area contributed by atoms with Gasteiger partial charge < -0.3 is 5.32 Å². The molecular formula is C15H31NS. The number of hydrogen-bond acceptors (Lipinski definition) is 2. The van der Waals surface area contributed by atoms with Crippen LogP contribution in [0.5, 0.6) is 0 Å². The molecule has 0 saturated heterocycles. The Morgan fingerprint density at radius 1 is 1.06 bits per heavy atom. The Morgan fingerprint density at radius 3 is 2.59 bits per heavy atom. The molecule has 0 amide bonds. The molecule has 0 aromatic rings. The summed E-state index contributed by atoms with van der Waals surface area (Å²) in [5.41, 5.74) is 0. The molecule has 1 saturated carbocycles. The summed E-state index contributed by atoms with van der Waals surface area (Å²) in [6.07, 6.45) is 16.4. The molecule has 1 fully saturated rings. The van der Waals surface area contributed by atoms with Crippen LogP contribution in [0, 0.1) is 0 Å². The van der Waals surface area contributed by atoms with E-state index in [9.17, 15) is 0 Å². The highest BCUT2D eigenvalue weighted by Gasteiger charge is 2.20. The van der Waals surface area contributed by atoms with Crippen LogP contribution >= 0.6 is 11.8 Å². The van der Waals surface area contributed by atoms with E-state index in [0.29, 0.717) is 0 Å². The highest BCUT2D eigenvalue weighted by molar-refractivity contribution is 7.99. The third-order valence-electron chi connectivity index (χ3n) is 3.92. The predicted octanol–water partition coefficient (Wildman–Crippen LogP) is 4.61. The second kappa shape index (κ2) is 10.3. The molecule has 0 heterocycles. The molecule has 0 aromatic heterocycles. The predicted molar refractivity (Wildman–Crippen MR) is 80.9 cm³/mol. The van der Waals surface area contributed by atoms with Gasteiger partial charge in [0.2, 0.25) is 0 Å². The monoisotopic (exact) mass is 257 g/mol. The lowest BCUT2D eigenvalue weighted by molar-refractivity contribution is 0.377. The molecular weight excluding hydrogens is 226 g/mol. The maximum Gasteiger partial charge on any atom is 0.00776 e. The molecule has 102 valence electrons. The van der Waals surface area contributed by atoms with Crippen LogP contribution in [0.2, 0.25) is 0 Å². The summed E-state index contributed by atoms with van der Waals surface area (Å²) in [7, 11) is 0. The highest BCUT2D eigenvalue weighted by Crippen LogP contribution is 2.26. The fourth-order valence-corrected chi connectivity index (χ4v) is 3.58. The Hall–Kier alpha value is 0.310. The van der Waals surface area contributed by atoms with Crippen molar-refractivity contribution in [3.8, 4) is 0 Å². The molecule has 2 atom stereocenters. The van der Waals surface area contributed by atoms with Gasteiger partial charge in [-0.2, -0.15) is 11.8 Å². The van der Waals surface area contributed by atoms with Gasteiger partial charge in [0.15, 0.2) is 0 Å². The van der Waals surface area contributed by atoms with E-state index in [1.54, 1.807) is 0 Å². The number of nitrogens with one attached hydrogen (secondary N) is 1. The maximum absolute atomic E-state index is 3.76. The normalized spacial score (nSPS) is 25.1. The van der Waals surface area contributed by atoms with Gasteiger partial charge in [-0.3, -0.25) is 0 Å². The SMILES string of the molecule is CCCCCCCCNC1CCCC(SC)C1. The van der Waals surface area contributed by atoms with Crippen molar-refractivity contribution in [2.24, 2.45) is 0 Å². The second-order valence-corrected chi connectivity index (χ2v) is 6.58. The average Bonchev–Trinajstić information content (AvgIpc) is 2.38. The fraction of sp³-hybridized carbons (Fsp3) is 1.00. The standard InChI is InChI=1S/C15H31NS/c1-3-4-5-6-7-8-12-16-14-10-9-11-15(13-14)17-2/h14-16H,3-13H2,1-2H3. The largest absolute Gasteiger partial charge is 0.314 e. The lowest BCUT2D eigenvalue weighted by Gasteiger charge is -2.28. The van der Waals surface area contributed by atoms with E-state index in [1.165, 1.54) is 70.8 Å². The Morgan fingerprint density at radius 2 is 1.82 bits per heavy atom. The van der Waals surface area contributed by atoms with Crippen LogP contribution < -0.4 is 5.32 Å². The van der Waals surface area contributed by atoms with Crippen molar-refractivity contribution >= 4 is 11.8 Å². The lowest BCUT2D eigenvalue weighted by atomic mass is 9.95. The van der Waals surface area contributed by atoms with Crippen molar-refractivity contribution < 1.29 is 0 Å². The van der Waals surface area contributed by atoms with E-state index in [1.807, 2.05) is 0 Å². The van der Waals surface area contributed by atoms with Gasteiger partial charge in [-0.25, -0.2) is 0 Å². The van der Waals surface area contributed by atoms with Gasteiger partial charge in [-0.15, -0.1) is 0 Å². The van der Waals surface area contributed by atoms with Crippen LogP contribution in [0.4, 0.5) is 0 Å². The summed E-state index contributed by atoms with van der Waals surface area (Å²) in [5.74, 6) is 0. The van der Waals surface area contributed by atoms with Gasteiger partial charge in [0.05, 0.1) is 0 Å². The van der Waals surface area contributed by atoms with Gasteiger partial charge in [0.25, 0.3) is 0 Å². The molecule has 0 spiro atoms. The summed E-state index contributed by atoms with van der Waals surface area (Å²) in [5, 5.41) is 4.69. The quantitative estimate of drug-likeness (QED) is 0.605. The smallest absolute Gasteiger partial charge is 0.00776 e. The van der Waals surface area contributed by atoms with E-state index in [0.717, 1.165) is 11.3 Å². The van der Waals surface area contributed by atoms with Crippen LogP contribution in [0.3, 0.4) is 0 Å². The first kappa shape index (κ1) is 15.4. The molecule has 2 heteroatoms. The average molecular weight is 257 g/mol. The zero-order valence-corrected chi connectivity index (χ0v) is 12.7. The molecule has 1 rings (SSSR count). The second-order valence-electron chi connectivity index (χ2n) is 5.44. The Balaban J connectivity index is 1.91. The van der Waals surface area contributed by atoms with Crippen LogP contribution in [0.25, 0.3) is 0 Å². The Bertz CT molecular complexity index is 172. The van der Waals surface area contributed by atoms with Crippen molar-refractivity contribution in [2.45, 2.75) is 82.4 Å². The molecule has 0 aromatic carbocycles. The van der Waals surface area contributed by atoms with Crippen molar-refractivity contribution in [3.05, 3.63) is 0 Å². The minimum Gasteiger partial charge on any atom is -0.314 e. The van der Waals surface area contributed by atoms with Crippen LogP contribution in [-0.2, 0) is 0 Å².